The average molecular weight is 370 g/mol. The lowest BCUT2D eigenvalue weighted by atomic mass is 10.3. The predicted octanol–water partition coefficient (Wildman–Crippen LogP) is 1.06. The molecule has 0 spiro atoms. The molecule has 0 aliphatic rings. The van der Waals surface area contributed by atoms with Gasteiger partial charge < -0.3 is 10.4 Å². The van der Waals surface area contributed by atoms with Crippen molar-refractivity contribution >= 4 is 27.8 Å². The van der Waals surface area contributed by atoms with Gasteiger partial charge in [-0.25, -0.2) is 0 Å². The number of hydrogen-bond donors (Lipinski definition) is 2. The first kappa shape index (κ1) is 16.2. The summed E-state index contributed by atoms with van der Waals surface area (Å²) in [6.45, 7) is 2.85. The van der Waals surface area contributed by atoms with Crippen LogP contribution in [-0.4, -0.2) is 43.1 Å². The van der Waals surface area contributed by atoms with Gasteiger partial charge >= 0.3 is 5.97 Å². The van der Waals surface area contributed by atoms with Crippen LogP contribution in [0.25, 0.3) is 0 Å². The van der Waals surface area contributed by atoms with Gasteiger partial charge in [0, 0.05) is 25.5 Å². The lowest BCUT2D eigenvalue weighted by Crippen LogP contribution is -2.25. The number of rotatable bonds is 7. The first-order valence-corrected chi connectivity index (χ1v) is 7.47. The normalized spacial score (nSPS) is 10.6. The molecular formula is C13H16BrN5O3. The molecule has 0 saturated heterocycles. The molecule has 2 aromatic rings. The molecule has 2 N–H and O–H groups in total. The molecule has 0 atom stereocenters. The van der Waals surface area contributed by atoms with E-state index in [0.717, 1.165) is 16.6 Å². The van der Waals surface area contributed by atoms with Crippen molar-refractivity contribution in [2.24, 2.45) is 0 Å². The van der Waals surface area contributed by atoms with Gasteiger partial charge in [0.05, 0.1) is 21.9 Å². The molecule has 9 heteroatoms. The monoisotopic (exact) mass is 369 g/mol. The highest BCUT2D eigenvalue weighted by molar-refractivity contribution is 9.10. The summed E-state index contributed by atoms with van der Waals surface area (Å²) in [4.78, 5) is 22.4. The number of carboxylic acid groups (broad SMARTS) is 1. The van der Waals surface area contributed by atoms with Crippen LogP contribution >= 0.6 is 15.9 Å². The molecule has 0 aromatic carbocycles. The number of nitrogens with zero attached hydrogens (tertiary/aromatic N) is 4. The highest BCUT2D eigenvalue weighted by atomic mass is 79.9. The van der Waals surface area contributed by atoms with Gasteiger partial charge in [-0.15, -0.1) is 0 Å². The van der Waals surface area contributed by atoms with E-state index in [2.05, 4.69) is 31.4 Å². The maximum absolute atomic E-state index is 11.9. The molecule has 1 amide bonds. The highest BCUT2D eigenvalue weighted by Crippen LogP contribution is 2.13. The topological polar surface area (TPSA) is 102 Å². The van der Waals surface area contributed by atoms with Crippen LogP contribution in [-0.2, 0) is 17.9 Å². The summed E-state index contributed by atoms with van der Waals surface area (Å²) in [5.41, 5.74) is 1.27. The van der Waals surface area contributed by atoms with Crippen molar-refractivity contribution in [3.63, 3.8) is 0 Å². The van der Waals surface area contributed by atoms with Crippen molar-refractivity contribution in [3.8, 4) is 0 Å². The molecule has 0 bridgehead atoms. The molecule has 0 radical (unpaired) electrons. The van der Waals surface area contributed by atoms with Gasteiger partial charge in [0.1, 0.15) is 6.54 Å². The van der Waals surface area contributed by atoms with Crippen LogP contribution in [0.2, 0.25) is 0 Å². The minimum atomic E-state index is -1.00. The van der Waals surface area contributed by atoms with E-state index in [1.807, 2.05) is 17.8 Å². The maximum Gasteiger partial charge on any atom is 0.325 e. The minimum Gasteiger partial charge on any atom is -0.480 e. The van der Waals surface area contributed by atoms with Crippen LogP contribution in [0.15, 0.2) is 23.1 Å². The van der Waals surface area contributed by atoms with E-state index >= 15 is 0 Å². The fourth-order valence-corrected chi connectivity index (χ4v) is 2.17. The summed E-state index contributed by atoms with van der Waals surface area (Å²) in [6.07, 6.45) is 5.40. The fourth-order valence-electron chi connectivity index (χ4n) is 1.86. The third-order valence-electron chi connectivity index (χ3n) is 2.93. The second-order valence-electron chi connectivity index (χ2n) is 4.76. The Morgan fingerprint density at radius 2 is 2.14 bits per heavy atom. The van der Waals surface area contributed by atoms with Gasteiger partial charge in [0.25, 0.3) is 5.91 Å². The van der Waals surface area contributed by atoms with Gasteiger partial charge in [0.15, 0.2) is 0 Å². The molecule has 118 valence electrons. The van der Waals surface area contributed by atoms with Crippen molar-refractivity contribution in [2.75, 3.05) is 6.54 Å². The van der Waals surface area contributed by atoms with Gasteiger partial charge in [0.2, 0.25) is 0 Å². The lowest BCUT2D eigenvalue weighted by Gasteiger charge is -2.04. The summed E-state index contributed by atoms with van der Waals surface area (Å²) in [7, 11) is 0. The zero-order chi connectivity index (χ0) is 16.1. The van der Waals surface area contributed by atoms with Gasteiger partial charge in [-0.05, 0) is 29.3 Å². The number of carbonyl (C=O) groups excluding carboxylic acids is 1. The number of aromatic nitrogens is 4. The SMILES string of the molecule is Cc1nn(CCCNC(=O)c2cnn(CC(=O)O)c2)cc1Br. The average Bonchev–Trinajstić information content (AvgIpc) is 3.02. The number of nitrogens with one attached hydrogen (secondary N) is 1. The Hall–Kier alpha value is -2.16. The molecule has 22 heavy (non-hydrogen) atoms. The molecule has 0 saturated carbocycles. The zero-order valence-corrected chi connectivity index (χ0v) is 13.6. The van der Waals surface area contributed by atoms with E-state index < -0.39 is 5.97 Å². The van der Waals surface area contributed by atoms with Gasteiger partial charge in [-0.1, -0.05) is 0 Å². The Kier molecular flexibility index (Phi) is 5.31. The number of carboxylic acids is 1. The molecule has 2 rings (SSSR count). The Bertz CT molecular complexity index is 660. The van der Waals surface area contributed by atoms with Crippen LogP contribution in [0.4, 0.5) is 0 Å². The van der Waals surface area contributed by atoms with E-state index in [4.69, 9.17) is 5.11 Å². The van der Waals surface area contributed by atoms with Crippen LogP contribution in [0, 0.1) is 6.92 Å². The number of amides is 1. The van der Waals surface area contributed by atoms with Gasteiger partial charge in [-0.3, -0.25) is 19.0 Å². The Morgan fingerprint density at radius 3 is 2.77 bits per heavy atom. The number of carbonyl (C=O) groups is 2. The van der Waals surface area contributed by atoms with Crippen molar-refractivity contribution < 1.29 is 14.7 Å². The Balaban J connectivity index is 1.75. The highest BCUT2D eigenvalue weighted by Gasteiger charge is 2.09. The fraction of sp³-hybridized carbons (Fsp3) is 0.385. The molecule has 0 fully saturated rings. The standard InChI is InChI=1S/C13H16BrN5O3/c1-9-11(14)7-18(17-9)4-2-3-15-13(22)10-5-16-19(6-10)8-12(20)21/h5-7H,2-4,8H2,1H3,(H,15,22)(H,20,21). The third-order valence-corrected chi connectivity index (χ3v) is 3.71. The van der Waals surface area contributed by atoms with Crippen LogP contribution in [0.5, 0.6) is 0 Å². The van der Waals surface area contributed by atoms with E-state index in [9.17, 15) is 9.59 Å². The number of halogens is 1. The zero-order valence-electron chi connectivity index (χ0n) is 12.0. The molecule has 0 unspecified atom stereocenters. The first-order valence-electron chi connectivity index (χ1n) is 6.67. The summed E-state index contributed by atoms with van der Waals surface area (Å²) in [6, 6.07) is 0. The molecule has 2 aromatic heterocycles. The first-order chi connectivity index (χ1) is 10.5. The molecular weight excluding hydrogens is 354 g/mol. The summed E-state index contributed by atoms with van der Waals surface area (Å²) >= 11 is 3.39. The number of aliphatic carboxylic acids is 1. The smallest absolute Gasteiger partial charge is 0.325 e. The summed E-state index contributed by atoms with van der Waals surface area (Å²) in [5.74, 6) is -1.27. The largest absolute Gasteiger partial charge is 0.480 e. The maximum atomic E-state index is 11.9. The molecule has 8 nitrogen and oxygen atoms in total. The van der Waals surface area contributed by atoms with Crippen LogP contribution in [0.3, 0.4) is 0 Å². The van der Waals surface area contributed by atoms with Crippen LogP contribution < -0.4 is 5.32 Å². The Labute approximate surface area is 135 Å². The summed E-state index contributed by atoms with van der Waals surface area (Å²) in [5, 5.41) is 19.5. The molecule has 0 aliphatic heterocycles. The predicted molar refractivity (Wildman–Crippen MR) is 81.5 cm³/mol. The quantitative estimate of drug-likeness (QED) is 0.710. The number of aryl methyl sites for hydroxylation is 2. The minimum absolute atomic E-state index is 0.263. The van der Waals surface area contributed by atoms with Gasteiger partial charge in [-0.2, -0.15) is 10.2 Å². The summed E-state index contributed by atoms with van der Waals surface area (Å²) < 4.78 is 3.99. The number of hydrogen-bond acceptors (Lipinski definition) is 4. The van der Waals surface area contributed by atoms with Crippen molar-refractivity contribution in [1.29, 1.82) is 0 Å². The van der Waals surface area contributed by atoms with E-state index in [-0.39, 0.29) is 12.5 Å². The second-order valence-corrected chi connectivity index (χ2v) is 5.61. The van der Waals surface area contributed by atoms with E-state index in [1.54, 1.807) is 0 Å². The van der Waals surface area contributed by atoms with Crippen molar-refractivity contribution in [3.05, 3.63) is 34.3 Å². The van der Waals surface area contributed by atoms with E-state index in [0.29, 0.717) is 18.7 Å². The second kappa shape index (κ2) is 7.21. The van der Waals surface area contributed by atoms with Crippen molar-refractivity contribution in [1.82, 2.24) is 24.9 Å². The van der Waals surface area contributed by atoms with E-state index in [1.165, 1.54) is 17.1 Å². The molecule has 0 aliphatic carbocycles. The third kappa shape index (κ3) is 4.42. The Morgan fingerprint density at radius 1 is 1.36 bits per heavy atom. The molecule has 2 heterocycles. The van der Waals surface area contributed by atoms with Crippen LogP contribution in [0.1, 0.15) is 22.5 Å². The lowest BCUT2D eigenvalue weighted by molar-refractivity contribution is -0.137. The van der Waals surface area contributed by atoms with Crippen molar-refractivity contribution in [2.45, 2.75) is 26.4 Å².